The SMILES string of the molecule is O=C(NC1CCCCC1n1cccn1)c1csc(-c2cc(Br)cs2)n1. The van der Waals surface area contributed by atoms with Crippen LogP contribution < -0.4 is 5.32 Å². The van der Waals surface area contributed by atoms with Gasteiger partial charge in [-0.3, -0.25) is 9.48 Å². The molecule has 25 heavy (non-hydrogen) atoms. The predicted octanol–water partition coefficient (Wildman–Crippen LogP) is 4.74. The number of nitrogens with one attached hydrogen (secondary N) is 1. The number of rotatable bonds is 4. The van der Waals surface area contributed by atoms with E-state index in [1.54, 1.807) is 17.5 Å². The van der Waals surface area contributed by atoms with Gasteiger partial charge in [-0.15, -0.1) is 22.7 Å². The van der Waals surface area contributed by atoms with E-state index in [2.05, 4.69) is 31.3 Å². The molecule has 8 heteroatoms. The number of amides is 1. The molecule has 0 radical (unpaired) electrons. The lowest BCUT2D eigenvalue weighted by Gasteiger charge is -2.32. The lowest BCUT2D eigenvalue weighted by atomic mass is 9.90. The van der Waals surface area contributed by atoms with Crippen LogP contribution in [-0.2, 0) is 0 Å². The molecule has 1 fully saturated rings. The Morgan fingerprint density at radius 1 is 1.28 bits per heavy atom. The molecule has 0 saturated heterocycles. The van der Waals surface area contributed by atoms with Gasteiger partial charge in [-0.05, 0) is 40.9 Å². The van der Waals surface area contributed by atoms with Gasteiger partial charge >= 0.3 is 0 Å². The van der Waals surface area contributed by atoms with Gasteiger partial charge in [-0.25, -0.2) is 4.98 Å². The highest BCUT2D eigenvalue weighted by Crippen LogP contribution is 2.32. The van der Waals surface area contributed by atoms with E-state index in [-0.39, 0.29) is 18.0 Å². The standard InChI is InChI=1S/C17H17BrN4OS2/c18-11-8-15(24-9-11)17-21-13(10-25-17)16(23)20-12-4-1-2-5-14(12)22-7-3-6-19-22/h3,6-10,12,14H,1-2,4-5H2,(H,20,23). The number of halogens is 1. The number of carbonyl (C=O) groups is 1. The summed E-state index contributed by atoms with van der Waals surface area (Å²) in [5.41, 5.74) is 0.495. The Hall–Kier alpha value is -1.51. The minimum absolute atomic E-state index is 0.0952. The van der Waals surface area contributed by atoms with Crippen molar-refractivity contribution in [3.05, 3.63) is 45.5 Å². The maximum absolute atomic E-state index is 12.7. The van der Waals surface area contributed by atoms with Crippen molar-refractivity contribution in [2.75, 3.05) is 0 Å². The summed E-state index contributed by atoms with van der Waals surface area (Å²) >= 11 is 6.58. The number of thiophene rings is 1. The molecule has 1 saturated carbocycles. The zero-order chi connectivity index (χ0) is 17.2. The molecule has 2 unspecified atom stereocenters. The Kier molecular flexibility index (Phi) is 5.00. The van der Waals surface area contributed by atoms with Crippen molar-refractivity contribution in [2.24, 2.45) is 0 Å². The summed E-state index contributed by atoms with van der Waals surface area (Å²) in [6.45, 7) is 0. The Labute approximate surface area is 162 Å². The van der Waals surface area contributed by atoms with Crippen LogP contribution in [0.3, 0.4) is 0 Å². The molecule has 2 atom stereocenters. The van der Waals surface area contributed by atoms with Crippen LogP contribution in [0.25, 0.3) is 9.88 Å². The Bertz CT molecular complexity index is 858. The van der Waals surface area contributed by atoms with Crippen molar-refractivity contribution in [3.8, 4) is 9.88 Å². The summed E-state index contributed by atoms with van der Waals surface area (Å²) in [5, 5.41) is 12.3. The summed E-state index contributed by atoms with van der Waals surface area (Å²) < 4.78 is 3.01. The third kappa shape index (κ3) is 3.70. The first kappa shape index (κ1) is 16.9. The fourth-order valence-electron chi connectivity index (χ4n) is 3.23. The molecule has 1 aliphatic carbocycles. The number of nitrogens with zero attached hydrogens (tertiary/aromatic N) is 3. The zero-order valence-electron chi connectivity index (χ0n) is 13.4. The quantitative estimate of drug-likeness (QED) is 0.641. The van der Waals surface area contributed by atoms with Crippen LogP contribution in [0.5, 0.6) is 0 Å². The minimum Gasteiger partial charge on any atom is -0.346 e. The molecule has 0 spiro atoms. The van der Waals surface area contributed by atoms with Crippen molar-refractivity contribution in [1.82, 2.24) is 20.1 Å². The van der Waals surface area contributed by atoms with Crippen LogP contribution in [0, 0.1) is 0 Å². The summed E-state index contributed by atoms with van der Waals surface area (Å²) in [7, 11) is 0. The second-order valence-electron chi connectivity index (χ2n) is 6.08. The smallest absolute Gasteiger partial charge is 0.271 e. The molecule has 3 aromatic rings. The van der Waals surface area contributed by atoms with Crippen LogP contribution in [0.2, 0.25) is 0 Å². The van der Waals surface area contributed by atoms with E-state index in [0.717, 1.165) is 33.6 Å². The Morgan fingerprint density at radius 2 is 2.16 bits per heavy atom. The van der Waals surface area contributed by atoms with Crippen molar-refractivity contribution < 1.29 is 4.79 Å². The van der Waals surface area contributed by atoms with E-state index in [0.29, 0.717) is 5.69 Å². The van der Waals surface area contributed by atoms with Crippen molar-refractivity contribution >= 4 is 44.5 Å². The second kappa shape index (κ2) is 7.39. The summed E-state index contributed by atoms with van der Waals surface area (Å²) in [4.78, 5) is 18.3. The van der Waals surface area contributed by atoms with Crippen LogP contribution in [0.15, 0.2) is 39.8 Å². The van der Waals surface area contributed by atoms with Gasteiger partial charge in [-0.2, -0.15) is 5.10 Å². The van der Waals surface area contributed by atoms with Crippen molar-refractivity contribution in [3.63, 3.8) is 0 Å². The van der Waals surface area contributed by atoms with Crippen LogP contribution in [-0.4, -0.2) is 26.7 Å². The summed E-state index contributed by atoms with van der Waals surface area (Å²) in [6, 6.07) is 4.28. The molecule has 3 heterocycles. The topological polar surface area (TPSA) is 59.8 Å². The average molecular weight is 437 g/mol. The van der Waals surface area contributed by atoms with Crippen molar-refractivity contribution in [2.45, 2.75) is 37.8 Å². The highest BCUT2D eigenvalue weighted by atomic mass is 79.9. The highest BCUT2D eigenvalue weighted by Gasteiger charge is 2.29. The molecule has 5 nitrogen and oxygen atoms in total. The van der Waals surface area contributed by atoms with Gasteiger partial charge in [-0.1, -0.05) is 12.8 Å². The predicted molar refractivity (Wildman–Crippen MR) is 104 cm³/mol. The van der Waals surface area contributed by atoms with Crippen molar-refractivity contribution in [1.29, 1.82) is 0 Å². The first-order valence-electron chi connectivity index (χ1n) is 8.20. The maximum atomic E-state index is 12.7. The van der Waals surface area contributed by atoms with E-state index >= 15 is 0 Å². The monoisotopic (exact) mass is 436 g/mol. The molecule has 1 N–H and O–H groups in total. The number of thiazole rings is 1. The third-order valence-corrected chi connectivity index (χ3v) is 7.13. The largest absolute Gasteiger partial charge is 0.346 e. The number of hydrogen-bond donors (Lipinski definition) is 1. The normalized spacial score (nSPS) is 20.5. The number of hydrogen-bond acceptors (Lipinski definition) is 5. The lowest BCUT2D eigenvalue weighted by Crippen LogP contribution is -2.43. The maximum Gasteiger partial charge on any atom is 0.271 e. The van der Waals surface area contributed by atoms with Gasteiger partial charge in [0.15, 0.2) is 0 Å². The minimum atomic E-state index is -0.0952. The molecule has 0 bridgehead atoms. The highest BCUT2D eigenvalue weighted by molar-refractivity contribution is 9.10. The molecule has 3 aromatic heterocycles. The molecule has 0 aliphatic heterocycles. The summed E-state index contributed by atoms with van der Waals surface area (Å²) in [5.74, 6) is -0.0952. The molecule has 1 amide bonds. The average Bonchev–Trinajstić information content (AvgIpc) is 3.36. The Morgan fingerprint density at radius 3 is 2.92 bits per heavy atom. The van der Waals surface area contributed by atoms with E-state index in [1.807, 2.05) is 33.8 Å². The van der Waals surface area contributed by atoms with Crippen LogP contribution in [0.1, 0.15) is 42.2 Å². The van der Waals surface area contributed by atoms with E-state index in [9.17, 15) is 4.79 Å². The number of aromatic nitrogens is 3. The first-order chi connectivity index (χ1) is 12.2. The van der Waals surface area contributed by atoms with Gasteiger partial charge in [0.1, 0.15) is 10.7 Å². The molecule has 1 aliphatic rings. The van der Waals surface area contributed by atoms with E-state index < -0.39 is 0 Å². The molecule has 0 aromatic carbocycles. The number of carbonyl (C=O) groups excluding carboxylic acids is 1. The van der Waals surface area contributed by atoms with E-state index in [1.165, 1.54) is 17.8 Å². The van der Waals surface area contributed by atoms with Crippen LogP contribution >= 0.6 is 38.6 Å². The summed E-state index contributed by atoms with van der Waals surface area (Å²) in [6.07, 6.45) is 8.09. The molecular formula is C17H17BrN4OS2. The Balaban J connectivity index is 1.48. The van der Waals surface area contributed by atoms with Gasteiger partial charge in [0, 0.05) is 27.6 Å². The van der Waals surface area contributed by atoms with Gasteiger partial charge in [0.25, 0.3) is 5.91 Å². The first-order valence-corrected chi connectivity index (χ1v) is 10.8. The zero-order valence-corrected chi connectivity index (χ0v) is 16.6. The van der Waals surface area contributed by atoms with Gasteiger partial charge in [0.05, 0.1) is 17.0 Å². The fourth-order valence-corrected chi connectivity index (χ4v) is 5.54. The van der Waals surface area contributed by atoms with Crippen LogP contribution in [0.4, 0.5) is 0 Å². The van der Waals surface area contributed by atoms with Gasteiger partial charge in [0.2, 0.25) is 0 Å². The van der Waals surface area contributed by atoms with E-state index in [4.69, 9.17) is 0 Å². The molecule has 130 valence electrons. The fraction of sp³-hybridized carbons (Fsp3) is 0.353. The third-order valence-electron chi connectivity index (χ3n) is 4.43. The lowest BCUT2D eigenvalue weighted by molar-refractivity contribution is 0.0901. The molecular weight excluding hydrogens is 420 g/mol. The second-order valence-corrected chi connectivity index (χ2v) is 8.77. The van der Waals surface area contributed by atoms with Gasteiger partial charge < -0.3 is 5.32 Å². The molecule has 4 rings (SSSR count).